The van der Waals surface area contributed by atoms with Crippen molar-refractivity contribution in [3.8, 4) is 5.75 Å². The lowest BCUT2D eigenvalue weighted by Gasteiger charge is -2.34. The third-order valence-corrected chi connectivity index (χ3v) is 6.39. The van der Waals surface area contributed by atoms with Gasteiger partial charge in [-0.15, -0.1) is 12.4 Å². The number of nitrogens with one attached hydrogen (secondary N) is 2. The normalized spacial score (nSPS) is 16.9. The number of carbonyl (C=O) groups is 1. The maximum Gasteiger partial charge on any atom is 0.419 e. The molecule has 1 aromatic rings. The smallest absolute Gasteiger partial charge is 0.419 e. The first-order valence-electron chi connectivity index (χ1n) is 8.05. The van der Waals surface area contributed by atoms with E-state index in [-0.39, 0.29) is 44.1 Å². The van der Waals surface area contributed by atoms with Crippen LogP contribution in [0.2, 0.25) is 0 Å². The molecule has 1 fully saturated rings. The minimum atomic E-state index is -4.55. The van der Waals surface area contributed by atoms with Crippen LogP contribution in [0.1, 0.15) is 18.4 Å². The summed E-state index contributed by atoms with van der Waals surface area (Å²) in [4.78, 5) is 12.5. The molecule has 0 radical (unpaired) electrons. The van der Waals surface area contributed by atoms with Crippen LogP contribution < -0.4 is 15.4 Å². The average molecular weight is 431 g/mol. The third-order valence-electron chi connectivity index (χ3n) is 4.37. The predicted octanol–water partition coefficient (Wildman–Crippen LogP) is 1.79. The van der Waals surface area contributed by atoms with Gasteiger partial charge in [-0.25, -0.2) is 8.42 Å². The van der Waals surface area contributed by atoms with Crippen molar-refractivity contribution in [1.82, 2.24) is 10.6 Å². The fourth-order valence-corrected chi connectivity index (χ4v) is 4.26. The number of benzene rings is 1. The molecule has 1 aliphatic rings. The Labute approximate surface area is 162 Å². The van der Waals surface area contributed by atoms with Gasteiger partial charge in [-0.1, -0.05) is 12.1 Å². The van der Waals surface area contributed by atoms with Crippen molar-refractivity contribution in [3.05, 3.63) is 29.8 Å². The molecule has 1 amide bonds. The quantitative estimate of drug-likeness (QED) is 0.672. The van der Waals surface area contributed by atoms with Crippen molar-refractivity contribution in [3.63, 3.8) is 0 Å². The van der Waals surface area contributed by atoms with Gasteiger partial charge in [0.25, 0.3) is 0 Å². The van der Waals surface area contributed by atoms with E-state index in [0.29, 0.717) is 13.1 Å². The van der Waals surface area contributed by atoms with Crippen molar-refractivity contribution in [2.24, 2.45) is 0 Å². The molecular formula is C16H22ClF3N2O4S. The molecule has 2 N–H and O–H groups in total. The molecule has 0 spiro atoms. The van der Waals surface area contributed by atoms with Crippen LogP contribution in [0.5, 0.6) is 5.75 Å². The van der Waals surface area contributed by atoms with Gasteiger partial charge in [0.05, 0.1) is 12.1 Å². The second kappa shape index (κ2) is 9.11. The average Bonchev–Trinajstić information content (AvgIpc) is 2.57. The van der Waals surface area contributed by atoms with Crippen LogP contribution in [-0.2, 0) is 20.8 Å². The number of halogens is 4. The molecule has 0 saturated carbocycles. The molecule has 1 aliphatic heterocycles. The highest BCUT2D eigenvalue weighted by atomic mass is 35.5. The number of carbonyl (C=O) groups excluding carboxylic acids is 1. The minimum Gasteiger partial charge on any atom is -0.491 e. The molecule has 154 valence electrons. The molecule has 0 aromatic heterocycles. The zero-order chi connectivity index (χ0) is 19.4. The van der Waals surface area contributed by atoms with E-state index in [0.717, 1.165) is 12.3 Å². The van der Waals surface area contributed by atoms with Gasteiger partial charge in [0.2, 0.25) is 5.91 Å². The van der Waals surface area contributed by atoms with E-state index < -0.39 is 32.2 Å². The highest BCUT2D eigenvalue weighted by Crippen LogP contribution is 2.35. The van der Waals surface area contributed by atoms with E-state index in [4.69, 9.17) is 4.74 Å². The van der Waals surface area contributed by atoms with Crippen LogP contribution >= 0.6 is 12.4 Å². The van der Waals surface area contributed by atoms with Crippen molar-refractivity contribution in [2.75, 3.05) is 32.5 Å². The Morgan fingerprint density at radius 2 is 1.85 bits per heavy atom. The second-order valence-corrected chi connectivity index (χ2v) is 8.44. The number of hydrogen-bond donors (Lipinski definition) is 2. The number of hydrogen-bond acceptors (Lipinski definition) is 5. The number of rotatable bonds is 6. The summed E-state index contributed by atoms with van der Waals surface area (Å²) in [5, 5.41) is 5.48. The van der Waals surface area contributed by atoms with Crippen LogP contribution in [0.3, 0.4) is 0 Å². The summed E-state index contributed by atoms with van der Waals surface area (Å²) in [7, 11) is -3.64. The van der Waals surface area contributed by atoms with E-state index in [2.05, 4.69) is 10.6 Å². The van der Waals surface area contributed by atoms with Gasteiger partial charge in [0.1, 0.15) is 12.4 Å². The summed E-state index contributed by atoms with van der Waals surface area (Å²) >= 11 is 0. The molecule has 6 nitrogen and oxygen atoms in total. The number of amides is 1. The zero-order valence-electron chi connectivity index (χ0n) is 14.6. The first-order chi connectivity index (χ1) is 12.1. The molecular weight excluding hydrogens is 409 g/mol. The van der Waals surface area contributed by atoms with Gasteiger partial charge < -0.3 is 15.4 Å². The molecule has 2 rings (SSSR count). The molecule has 0 unspecified atom stereocenters. The van der Waals surface area contributed by atoms with E-state index >= 15 is 0 Å². The summed E-state index contributed by atoms with van der Waals surface area (Å²) in [6.45, 7) is 0.485. The summed E-state index contributed by atoms with van der Waals surface area (Å²) < 4.78 is 66.5. The van der Waals surface area contributed by atoms with Crippen LogP contribution in [0.15, 0.2) is 24.3 Å². The molecule has 1 aromatic carbocycles. The van der Waals surface area contributed by atoms with E-state index in [9.17, 15) is 26.4 Å². The predicted molar refractivity (Wildman–Crippen MR) is 96.9 cm³/mol. The Morgan fingerprint density at radius 3 is 2.41 bits per heavy atom. The first-order valence-corrected chi connectivity index (χ1v) is 9.95. The number of alkyl halides is 3. The van der Waals surface area contributed by atoms with Crippen molar-refractivity contribution in [2.45, 2.75) is 23.8 Å². The molecule has 0 bridgehead atoms. The van der Waals surface area contributed by atoms with Crippen LogP contribution in [0.25, 0.3) is 0 Å². The number of piperidine rings is 1. The van der Waals surface area contributed by atoms with Crippen LogP contribution in [0, 0.1) is 0 Å². The Hall–Kier alpha value is -1.52. The highest BCUT2D eigenvalue weighted by Gasteiger charge is 2.48. The SMILES string of the molecule is CS(=O)(=O)C1(C(=O)NCCOc2ccccc2C(F)(F)F)CCNCC1.Cl. The molecule has 1 saturated heterocycles. The van der Waals surface area contributed by atoms with E-state index in [1.807, 2.05) is 0 Å². The van der Waals surface area contributed by atoms with Gasteiger partial charge in [-0.3, -0.25) is 4.79 Å². The molecule has 27 heavy (non-hydrogen) atoms. The Bertz CT molecular complexity index is 750. The fraction of sp³-hybridized carbons (Fsp3) is 0.562. The Morgan fingerprint density at radius 1 is 1.26 bits per heavy atom. The van der Waals surface area contributed by atoms with Crippen LogP contribution in [-0.4, -0.2) is 51.6 Å². The van der Waals surface area contributed by atoms with Crippen molar-refractivity contribution < 1.29 is 31.1 Å². The molecule has 0 aliphatic carbocycles. The number of para-hydroxylation sites is 1. The number of ether oxygens (including phenoxy) is 1. The summed E-state index contributed by atoms with van der Waals surface area (Å²) in [5.74, 6) is -0.983. The summed E-state index contributed by atoms with van der Waals surface area (Å²) in [6.07, 6.45) is -3.23. The lowest BCUT2D eigenvalue weighted by molar-refractivity contribution is -0.139. The maximum atomic E-state index is 12.9. The summed E-state index contributed by atoms with van der Waals surface area (Å²) in [5.41, 5.74) is -0.905. The zero-order valence-corrected chi connectivity index (χ0v) is 16.3. The summed E-state index contributed by atoms with van der Waals surface area (Å²) in [6, 6.07) is 4.76. The monoisotopic (exact) mass is 430 g/mol. The molecule has 0 atom stereocenters. The fourth-order valence-electron chi connectivity index (χ4n) is 2.91. The largest absolute Gasteiger partial charge is 0.491 e. The van der Waals surface area contributed by atoms with E-state index in [1.165, 1.54) is 18.2 Å². The van der Waals surface area contributed by atoms with E-state index in [1.54, 1.807) is 0 Å². The van der Waals surface area contributed by atoms with Gasteiger partial charge >= 0.3 is 6.18 Å². The van der Waals surface area contributed by atoms with Crippen molar-refractivity contribution >= 4 is 28.2 Å². The molecule has 11 heteroatoms. The Balaban J connectivity index is 0.00000364. The third kappa shape index (κ3) is 5.49. The van der Waals surface area contributed by atoms with Gasteiger partial charge in [0.15, 0.2) is 14.6 Å². The lowest BCUT2D eigenvalue weighted by atomic mass is 9.96. The van der Waals surface area contributed by atoms with Crippen LogP contribution in [0.4, 0.5) is 13.2 Å². The van der Waals surface area contributed by atoms with Gasteiger partial charge in [-0.2, -0.15) is 13.2 Å². The van der Waals surface area contributed by atoms with Gasteiger partial charge in [-0.05, 0) is 38.1 Å². The van der Waals surface area contributed by atoms with Crippen molar-refractivity contribution in [1.29, 1.82) is 0 Å². The maximum absolute atomic E-state index is 12.9. The molecule has 1 heterocycles. The minimum absolute atomic E-state index is 0. The standard InChI is InChI=1S/C16H21F3N2O4S.ClH/c1-26(23,24)15(6-8-20-9-7-15)14(22)21-10-11-25-13-5-3-2-4-12(13)16(17,18)19;/h2-5,20H,6-11H2,1H3,(H,21,22);1H. The highest BCUT2D eigenvalue weighted by molar-refractivity contribution is 7.92. The Kier molecular flexibility index (Phi) is 7.94. The topological polar surface area (TPSA) is 84.5 Å². The number of sulfone groups is 1. The lowest BCUT2D eigenvalue weighted by Crippen LogP contribution is -2.57. The van der Waals surface area contributed by atoms with Gasteiger partial charge in [0, 0.05) is 6.26 Å². The first kappa shape index (κ1) is 23.5. The second-order valence-electron chi connectivity index (χ2n) is 6.11.